The molecule has 1 fully saturated rings. The molecular weight excluding hydrogens is 382 g/mol. The fraction of sp³-hybridized carbons (Fsp3) is 0.450. The van der Waals surface area contributed by atoms with Gasteiger partial charge in [-0.3, -0.25) is 14.2 Å². The summed E-state index contributed by atoms with van der Waals surface area (Å²) in [6.45, 7) is 4.78. The van der Waals surface area contributed by atoms with E-state index in [0.29, 0.717) is 33.5 Å². The van der Waals surface area contributed by atoms with E-state index in [1.54, 1.807) is 24.3 Å². The molecule has 1 heterocycles. The second kappa shape index (κ2) is 9.42. The number of halogens is 1. The highest BCUT2D eigenvalue weighted by Gasteiger charge is 2.16. The highest BCUT2D eigenvalue weighted by Crippen LogP contribution is 2.23. The van der Waals surface area contributed by atoms with Gasteiger partial charge in [0, 0.05) is 18.1 Å². The van der Waals surface area contributed by atoms with Gasteiger partial charge in [0.1, 0.15) is 0 Å². The van der Waals surface area contributed by atoms with E-state index >= 15 is 0 Å². The molecule has 0 saturated heterocycles. The van der Waals surface area contributed by atoms with E-state index in [4.69, 9.17) is 11.6 Å². The van der Waals surface area contributed by atoms with Gasteiger partial charge in [0.05, 0.1) is 16.7 Å². The lowest BCUT2D eigenvalue weighted by molar-refractivity contribution is -0.118. The fourth-order valence-electron chi connectivity index (χ4n) is 3.40. The number of carbonyl (C=O) groups excluding carboxylic acids is 1. The normalized spacial score (nSPS) is 15.0. The Bertz CT molecular complexity index is 891. The van der Waals surface area contributed by atoms with Gasteiger partial charge in [0.2, 0.25) is 5.91 Å². The maximum atomic E-state index is 12.8. The number of rotatable bonds is 7. The number of benzene rings is 1. The Balaban J connectivity index is 1.70. The van der Waals surface area contributed by atoms with Crippen LogP contribution in [-0.2, 0) is 11.3 Å². The van der Waals surface area contributed by atoms with Gasteiger partial charge in [-0.1, -0.05) is 48.7 Å². The van der Waals surface area contributed by atoms with Crippen LogP contribution < -0.4 is 10.9 Å². The van der Waals surface area contributed by atoms with Crippen molar-refractivity contribution in [3.63, 3.8) is 0 Å². The van der Waals surface area contributed by atoms with Crippen molar-refractivity contribution in [2.45, 2.75) is 43.8 Å². The number of nitrogens with zero attached hydrogens (tertiary/aromatic N) is 2. The number of amides is 1. The smallest absolute Gasteiger partial charge is 0.262 e. The molecule has 0 bridgehead atoms. The van der Waals surface area contributed by atoms with Crippen molar-refractivity contribution in [3.05, 3.63) is 46.2 Å². The molecule has 0 atom stereocenters. The second-order valence-electron chi connectivity index (χ2n) is 6.86. The number of carbonyl (C=O) groups is 1. The predicted octanol–water partition coefficient (Wildman–Crippen LogP) is 4.02. The molecule has 1 aromatic carbocycles. The summed E-state index contributed by atoms with van der Waals surface area (Å²) in [5.74, 6) is 0.798. The highest BCUT2D eigenvalue weighted by molar-refractivity contribution is 7.99. The van der Waals surface area contributed by atoms with Crippen LogP contribution in [0, 0.1) is 5.92 Å². The number of hydrogen-bond donors (Lipinski definition) is 1. The zero-order valence-electron chi connectivity index (χ0n) is 15.2. The SMILES string of the molecule is C=CCn1c(SCC(=O)NCC2CCCCC2)nc2ccc(Cl)cc2c1=O. The summed E-state index contributed by atoms with van der Waals surface area (Å²) in [5, 5.41) is 4.50. The topological polar surface area (TPSA) is 64.0 Å². The molecule has 1 saturated carbocycles. The summed E-state index contributed by atoms with van der Waals surface area (Å²) >= 11 is 7.28. The quantitative estimate of drug-likeness (QED) is 0.429. The standard InChI is InChI=1S/C20H24ClN3O2S/c1-2-10-24-19(26)16-11-15(21)8-9-17(16)23-20(24)27-13-18(25)22-12-14-6-4-3-5-7-14/h2,8-9,11,14H,1,3-7,10,12-13H2,(H,22,25). The molecule has 144 valence electrons. The number of allylic oxidation sites excluding steroid dienone is 1. The van der Waals surface area contributed by atoms with Gasteiger partial charge in [0.25, 0.3) is 5.56 Å². The van der Waals surface area contributed by atoms with E-state index in [1.165, 1.54) is 48.4 Å². The van der Waals surface area contributed by atoms with Crippen LogP contribution in [-0.4, -0.2) is 27.8 Å². The summed E-state index contributed by atoms with van der Waals surface area (Å²) in [4.78, 5) is 29.6. The Morgan fingerprint density at radius 3 is 2.89 bits per heavy atom. The van der Waals surface area contributed by atoms with Crippen LogP contribution >= 0.6 is 23.4 Å². The van der Waals surface area contributed by atoms with Crippen LogP contribution in [0.5, 0.6) is 0 Å². The molecule has 1 aliphatic rings. The average Bonchev–Trinajstić information content (AvgIpc) is 2.68. The van der Waals surface area contributed by atoms with Crippen LogP contribution in [0.1, 0.15) is 32.1 Å². The van der Waals surface area contributed by atoms with E-state index < -0.39 is 0 Å². The summed E-state index contributed by atoms with van der Waals surface area (Å²) in [5.41, 5.74) is 0.405. The van der Waals surface area contributed by atoms with Crippen molar-refractivity contribution >= 4 is 40.2 Å². The molecule has 0 unspecified atom stereocenters. The lowest BCUT2D eigenvalue weighted by Crippen LogP contribution is -2.31. The Labute approximate surface area is 168 Å². The van der Waals surface area contributed by atoms with Gasteiger partial charge in [-0.15, -0.1) is 6.58 Å². The first-order chi connectivity index (χ1) is 13.1. The van der Waals surface area contributed by atoms with E-state index in [-0.39, 0.29) is 17.2 Å². The molecule has 1 aromatic heterocycles. The Morgan fingerprint density at radius 2 is 2.15 bits per heavy atom. The Kier molecular flexibility index (Phi) is 6.96. The summed E-state index contributed by atoms with van der Waals surface area (Å²) in [6.07, 6.45) is 7.86. The Morgan fingerprint density at radius 1 is 1.37 bits per heavy atom. The van der Waals surface area contributed by atoms with Crippen molar-refractivity contribution in [2.24, 2.45) is 5.92 Å². The van der Waals surface area contributed by atoms with Crippen LogP contribution in [0.15, 0.2) is 40.8 Å². The van der Waals surface area contributed by atoms with E-state index in [9.17, 15) is 9.59 Å². The third-order valence-corrected chi connectivity index (χ3v) is 6.05. The van der Waals surface area contributed by atoms with Crippen molar-refractivity contribution in [1.82, 2.24) is 14.9 Å². The molecule has 27 heavy (non-hydrogen) atoms. The lowest BCUT2D eigenvalue weighted by Gasteiger charge is -2.21. The predicted molar refractivity (Wildman–Crippen MR) is 112 cm³/mol. The zero-order valence-corrected chi connectivity index (χ0v) is 16.8. The molecule has 0 radical (unpaired) electrons. The van der Waals surface area contributed by atoms with E-state index in [2.05, 4.69) is 16.9 Å². The maximum Gasteiger partial charge on any atom is 0.262 e. The Hall–Kier alpha value is -1.79. The zero-order chi connectivity index (χ0) is 19.2. The number of aromatic nitrogens is 2. The van der Waals surface area contributed by atoms with Crippen LogP contribution in [0.25, 0.3) is 10.9 Å². The number of thioether (sulfide) groups is 1. The van der Waals surface area contributed by atoms with Crippen LogP contribution in [0.4, 0.5) is 0 Å². The molecule has 7 heteroatoms. The fourth-order valence-corrected chi connectivity index (χ4v) is 4.41. The third kappa shape index (κ3) is 5.14. The molecule has 1 aliphatic carbocycles. The van der Waals surface area contributed by atoms with E-state index in [1.807, 2.05) is 0 Å². The number of fused-ring (bicyclic) bond motifs is 1. The van der Waals surface area contributed by atoms with Crippen molar-refractivity contribution < 1.29 is 4.79 Å². The first kappa shape index (κ1) is 20.0. The minimum atomic E-state index is -0.174. The highest BCUT2D eigenvalue weighted by atomic mass is 35.5. The van der Waals surface area contributed by atoms with Gasteiger partial charge in [-0.25, -0.2) is 4.98 Å². The number of hydrogen-bond acceptors (Lipinski definition) is 4. The molecule has 0 spiro atoms. The van der Waals surface area contributed by atoms with Crippen LogP contribution in [0.3, 0.4) is 0 Å². The molecule has 5 nitrogen and oxygen atoms in total. The summed E-state index contributed by atoms with van der Waals surface area (Å²) in [7, 11) is 0. The van der Waals surface area contributed by atoms with Crippen molar-refractivity contribution in [3.8, 4) is 0 Å². The first-order valence-electron chi connectivity index (χ1n) is 9.29. The van der Waals surface area contributed by atoms with Gasteiger partial charge in [0.15, 0.2) is 5.16 Å². The van der Waals surface area contributed by atoms with Gasteiger partial charge in [-0.05, 0) is 37.0 Å². The first-order valence-corrected chi connectivity index (χ1v) is 10.7. The lowest BCUT2D eigenvalue weighted by atomic mass is 9.89. The summed E-state index contributed by atoms with van der Waals surface area (Å²) < 4.78 is 1.53. The largest absolute Gasteiger partial charge is 0.355 e. The van der Waals surface area contributed by atoms with Crippen molar-refractivity contribution in [2.75, 3.05) is 12.3 Å². The van der Waals surface area contributed by atoms with Gasteiger partial charge in [-0.2, -0.15) is 0 Å². The van der Waals surface area contributed by atoms with Crippen molar-refractivity contribution in [1.29, 1.82) is 0 Å². The minimum Gasteiger partial charge on any atom is -0.355 e. The molecule has 0 aliphatic heterocycles. The summed E-state index contributed by atoms with van der Waals surface area (Å²) in [6, 6.07) is 5.06. The molecular formula is C20H24ClN3O2S. The van der Waals surface area contributed by atoms with Crippen LogP contribution in [0.2, 0.25) is 5.02 Å². The average molecular weight is 406 g/mol. The van der Waals surface area contributed by atoms with Gasteiger partial charge < -0.3 is 5.32 Å². The molecule has 1 amide bonds. The monoisotopic (exact) mass is 405 g/mol. The molecule has 2 aromatic rings. The maximum absolute atomic E-state index is 12.8. The second-order valence-corrected chi connectivity index (χ2v) is 8.24. The van der Waals surface area contributed by atoms with E-state index in [0.717, 1.165) is 6.54 Å². The van der Waals surface area contributed by atoms with Gasteiger partial charge >= 0.3 is 0 Å². The molecule has 3 rings (SSSR count). The molecule has 1 N–H and O–H groups in total. The minimum absolute atomic E-state index is 0.0267. The third-order valence-electron chi connectivity index (χ3n) is 4.84. The number of nitrogens with one attached hydrogen (secondary N) is 1.